The number of rotatable bonds is 77. The molecular weight excluding hydrogens is 1230 g/mol. The molecule has 0 spiro atoms. The van der Waals surface area contributed by atoms with Crippen molar-refractivity contribution in [1.82, 2.24) is 5.32 Å². The van der Waals surface area contributed by atoms with Crippen molar-refractivity contribution in [2.24, 2.45) is 0 Å². The van der Waals surface area contributed by atoms with Gasteiger partial charge in [-0.1, -0.05) is 370 Å². The van der Waals surface area contributed by atoms with Gasteiger partial charge in [-0.2, -0.15) is 0 Å². The highest BCUT2D eigenvalue weighted by Gasteiger charge is 2.44. The van der Waals surface area contributed by atoms with Crippen molar-refractivity contribution in [3.8, 4) is 0 Å². The second kappa shape index (κ2) is 76.5. The smallest absolute Gasteiger partial charge is 0.305 e. The normalized spacial score (nSPS) is 17.4. The molecule has 1 amide bonds. The molecule has 1 heterocycles. The van der Waals surface area contributed by atoms with Crippen LogP contribution in [0.2, 0.25) is 0 Å². The van der Waals surface area contributed by atoms with Crippen LogP contribution < -0.4 is 5.32 Å². The summed E-state index contributed by atoms with van der Waals surface area (Å²) in [6.07, 6.45) is 94.1. The predicted molar refractivity (Wildman–Crippen MR) is 421 cm³/mol. The minimum Gasteiger partial charge on any atom is -0.466 e. The molecule has 0 saturated carbocycles. The molecule has 1 saturated heterocycles. The van der Waals surface area contributed by atoms with Crippen molar-refractivity contribution in [3.05, 3.63) is 60.8 Å². The Balaban J connectivity index is 1.90. The number of nitrogens with one attached hydrogen (secondary N) is 1. The maximum absolute atomic E-state index is 13.1. The third-order valence-corrected chi connectivity index (χ3v) is 20.3. The van der Waals surface area contributed by atoms with Gasteiger partial charge in [-0.3, -0.25) is 9.59 Å². The van der Waals surface area contributed by atoms with Crippen molar-refractivity contribution in [3.63, 3.8) is 0 Å². The summed E-state index contributed by atoms with van der Waals surface area (Å²) >= 11 is 0. The quantitative estimate of drug-likeness (QED) is 0.0195. The van der Waals surface area contributed by atoms with Crippen LogP contribution in [0, 0.1) is 0 Å². The van der Waals surface area contributed by atoms with E-state index in [9.17, 15) is 35.1 Å². The predicted octanol–water partition coefficient (Wildman–Crippen LogP) is 24.0. The van der Waals surface area contributed by atoms with Crippen molar-refractivity contribution in [1.29, 1.82) is 0 Å². The first-order valence-electron chi connectivity index (χ1n) is 43.1. The van der Waals surface area contributed by atoms with Gasteiger partial charge < -0.3 is 45.1 Å². The van der Waals surface area contributed by atoms with Crippen LogP contribution in [0.15, 0.2) is 60.8 Å². The summed E-state index contributed by atoms with van der Waals surface area (Å²) in [4.78, 5) is 25.2. The van der Waals surface area contributed by atoms with Crippen molar-refractivity contribution >= 4 is 11.9 Å². The largest absolute Gasteiger partial charge is 0.466 e. The number of carbonyl (C=O) groups excluding carboxylic acids is 2. The number of esters is 1. The molecule has 0 aromatic heterocycles. The van der Waals surface area contributed by atoms with E-state index in [4.69, 9.17) is 14.2 Å². The summed E-state index contributed by atoms with van der Waals surface area (Å²) in [5, 5.41) is 54.6. The first kappa shape index (κ1) is 94.4. The molecule has 1 rings (SSSR count). The summed E-state index contributed by atoms with van der Waals surface area (Å²) in [7, 11) is 0. The number of aliphatic hydroxyl groups excluding tert-OH is 5. The van der Waals surface area contributed by atoms with Crippen molar-refractivity contribution in [2.45, 2.75) is 468 Å². The molecule has 0 aromatic rings. The number of aliphatic hydroxyl groups is 5. The Labute approximate surface area is 611 Å². The molecule has 6 N–H and O–H groups in total. The number of carbonyl (C=O) groups is 2. The van der Waals surface area contributed by atoms with Crippen molar-refractivity contribution < 1.29 is 49.3 Å². The van der Waals surface area contributed by atoms with Crippen LogP contribution in [0.4, 0.5) is 0 Å². The topological polar surface area (TPSA) is 175 Å². The summed E-state index contributed by atoms with van der Waals surface area (Å²) in [5.41, 5.74) is 0. The van der Waals surface area contributed by atoms with Gasteiger partial charge in [0, 0.05) is 12.8 Å². The third-order valence-electron chi connectivity index (χ3n) is 20.3. The molecule has 7 atom stereocenters. The van der Waals surface area contributed by atoms with Gasteiger partial charge >= 0.3 is 5.97 Å². The highest BCUT2D eigenvalue weighted by molar-refractivity contribution is 5.76. The minimum atomic E-state index is -1.58. The summed E-state index contributed by atoms with van der Waals surface area (Å²) in [6, 6.07) is -0.827. The first-order valence-corrected chi connectivity index (χ1v) is 43.1. The summed E-state index contributed by atoms with van der Waals surface area (Å²) in [5.74, 6) is -0.175. The van der Waals surface area contributed by atoms with Gasteiger partial charge in [0.05, 0.1) is 32.0 Å². The molecule has 1 aliphatic heterocycles. The molecule has 99 heavy (non-hydrogen) atoms. The Morgan fingerprint density at radius 1 is 0.374 bits per heavy atom. The maximum atomic E-state index is 13.1. The van der Waals surface area contributed by atoms with E-state index in [2.05, 4.69) is 67.8 Å². The lowest BCUT2D eigenvalue weighted by molar-refractivity contribution is -0.302. The fourth-order valence-electron chi connectivity index (χ4n) is 13.6. The molecule has 0 radical (unpaired) electrons. The van der Waals surface area contributed by atoms with Crippen molar-refractivity contribution in [2.75, 3.05) is 19.8 Å². The fourth-order valence-corrected chi connectivity index (χ4v) is 13.6. The van der Waals surface area contributed by atoms with E-state index in [1.165, 1.54) is 334 Å². The second-order valence-corrected chi connectivity index (χ2v) is 29.9. The monoisotopic (exact) mass is 1390 g/mol. The number of hydrogen-bond acceptors (Lipinski definition) is 10. The molecule has 580 valence electrons. The summed E-state index contributed by atoms with van der Waals surface area (Å²) in [6.45, 7) is 4.38. The SMILES string of the molecule is CCCCCCCC/C=C\CCCCCCCCCC(=O)OCCCCCCCCCCCCCCCCC/C=C\C/C=C\CCCCCCCCCCCCCCCCCCCC(=O)NC(COC1OC(CO)C(O)C(O)C1O)C(O)/C=C/CC/C=C/CCCCCCCCCCC. The molecule has 11 nitrogen and oxygen atoms in total. The molecule has 11 heteroatoms. The van der Waals surface area contributed by atoms with E-state index in [0.29, 0.717) is 19.4 Å². The van der Waals surface area contributed by atoms with E-state index >= 15 is 0 Å². The maximum Gasteiger partial charge on any atom is 0.305 e. The number of allylic oxidation sites excluding steroid dienone is 9. The van der Waals surface area contributed by atoms with Gasteiger partial charge in [-0.05, 0) is 103 Å². The van der Waals surface area contributed by atoms with E-state index in [0.717, 1.165) is 64.2 Å². The molecular formula is C88H163NO10. The number of hydrogen-bond donors (Lipinski definition) is 6. The summed E-state index contributed by atoms with van der Waals surface area (Å²) < 4.78 is 16.8. The fraction of sp³-hybridized carbons (Fsp3) is 0.864. The van der Waals surface area contributed by atoms with Gasteiger partial charge in [0.15, 0.2) is 6.29 Å². The zero-order chi connectivity index (χ0) is 71.5. The Bertz CT molecular complexity index is 1830. The van der Waals surface area contributed by atoms with E-state index in [-0.39, 0.29) is 18.5 Å². The Hall–Kier alpha value is -2.64. The second-order valence-electron chi connectivity index (χ2n) is 29.9. The van der Waals surface area contributed by atoms with Crippen LogP contribution in [-0.2, 0) is 23.8 Å². The van der Waals surface area contributed by atoms with Gasteiger partial charge in [-0.25, -0.2) is 0 Å². The Morgan fingerprint density at radius 2 is 0.687 bits per heavy atom. The Morgan fingerprint density at radius 3 is 1.06 bits per heavy atom. The van der Waals surface area contributed by atoms with Gasteiger partial charge in [0.2, 0.25) is 5.91 Å². The highest BCUT2D eigenvalue weighted by Crippen LogP contribution is 2.24. The minimum absolute atomic E-state index is 0.0116. The Kier molecular flexibility index (Phi) is 72.9. The zero-order valence-corrected chi connectivity index (χ0v) is 65.0. The van der Waals surface area contributed by atoms with Crippen LogP contribution in [-0.4, -0.2) is 100 Å². The zero-order valence-electron chi connectivity index (χ0n) is 65.0. The van der Waals surface area contributed by atoms with E-state index in [1.54, 1.807) is 6.08 Å². The molecule has 1 aliphatic rings. The molecule has 0 bridgehead atoms. The third kappa shape index (κ3) is 64.7. The first-order chi connectivity index (χ1) is 48.7. The molecule has 1 fully saturated rings. The lowest BCUT2D eigenvalue weighted by Crippen LogP contribution is -2.60. The average molecular weight is 1400 g/mol. The van der Waals surface area contributed by atoms with Crippen LogP contribution in [0.1, 0.15) is 425 Å². The van der Waals surface area contributed by atoms with E-state index in [1.807, 2.05) is 6.08 Å². The molecule has 0 aliphatic carbocycles. The number of amides is 1. The van der Waals surface area contributed by atoms with Crippen LogP contribution >= 0.6 is 0 Å². The molecule has 0 aromatic carbocycles. The van der Waals surface area contributed by atoms with Crippen LogP contribution in [0.5, 0.6) is 0 Å². The van der Waals surface area contributed by atoms with Gasteiger partial charge in [-0.15, -0.1) is 0 Å². The number of unbranched alkanes of at least 4 members (excludes halogenated alkanes) is 55. The molecule has 7 unspecified atom stereocenters. The lowest BCUT2D eigenvalue weighted by atomic mass is 9.99. The van der Waals surface area contributed by atoms with Gasteiger partial charge in [0.1, 0.15) is 24.4 Å². The standard InChI is InChI=1S/C88H163NO10/c1-3-5-7-9-11-13-15-17-19-43-48-52-56-60-64-68-72-76-84(93)97-77-73-69-65-61-57-53-49-45-42-40-38-36-34-32-30-28-26-24-22-20-21-23-25-27-29-31-33-35-37-39-41-44-47-51-55-59-63-67-71-75-83(92)89-80(79-98-88-87(96)86(95)85(94)82(78-90)99-88)81(91)74-70-66-62-58-54-50-46-18-16-14-12-10-8-6-4-2/h17,19-21,24,26,54,58,70,74,80-82,85-88,90-91,94-96H,3-16,18,22-23,25,27-53,55-57,59-69,71-73,75-79H2,1-2H3,(H,89,92)/b19-17-,21-20-,26-24-,58-54+,74-70+. The van der Waals surface area contributed by atoms with Gasteiger partial charge in [0.25, 0.3) is 0 Å². The number of ether oxygens (including phenoxy) is 3. The average Bonchev–Trinajstić information content (AvgIpc) is 0.827. The lowest BCUT2D eigenvalue weighted by Gasteiger charge is -2.40. The van der Waals surface area contributed by atoms with Crippen LogP contribution in [0.3, 0.4) is 0 Å². The van der Waals surface area contributed by atoms with E-state index < -0.39 is 49.5 Å². The highest BCUT2D eigenvalue weighted by atomic mass is 16.7. The van der Waals surface area contributed by atoms with Crippen LogP contribution in [0.25, 0.3) is 0 Å².